The van der Waals surface area contributed by atoms with E-state index in [0.717, 1.165) is 25.9 Å². The molecular weight excluding hydrogens is 212 g/mol. The fraction of sp³-hybridized carbons (Fsp3) is 0.500. The number of nitrogens with one attached hydrogen (secondary N) is 1. The molecule has 3 heteroatoms. The molecule has 0 bridgehead atoms. The van der Waals surface area contributed by atoms with E-state index < -0.39 is 0 Å². The Morgan fingerprint density at radius 2 is 1.94 bits per heavy atom. The highest BCUT2D eigenvalue weighted by molar-refractivity contribution is 5.74. The Morgan fingerprint density at radius 1 is 1.24 bits per heavy atom. The second kappa shape index (κ2) is 7.71. The molecule has 0 aromatic heterocycles. The lowest BCUT2D eigenvalue weighted by molar-refractivity contribution is 0.198. The number of urea groups is 1. The summed E-state index contributed by atoms with van der Waals surface area (Å²) in [5.74, 6) is 0. The van der Waals surface area contributed by atoms with Gasteiger partial charge in [-0.15, -0.1) is 0 Å². The lowest BCUT2D eigenvalue weighted by Crippen LogP contribution is -2.39. The Morgan fingerprint density at radius 3 is 2.53 bits per heavy atom. The summed E-state index contributed by atoms with van der Waals surface area (Å²) >= 11 is 0. The first-order valence-electron chi connectivity index (χ1n) is 6.34. The van der Waals surface area contributed by atoms with Gasteiger partial charge in [0.25, 0.3) is 0 Å². The Labute approximate surface area is 104 Å². The third-order valence-electron chi connectivity index (χ3n) is 2.69. The highest BCUT2D eigenvalue weighted by atomic mass is 16.2. The van der Waals surface area contributed by atoms with E-state index in [1.165, 1.54) is 5.56 Å². The van der Waals surface area contributed by atoms with Crippen molar-refractivity contribution >= 4 is 6.03 Å². The van der Waals surface area contributed by atoms with Crippen molar-refractivity contribution in [3.8, 4) is 0 Å². The zero-order valence-electron chi connectivity index (χ0n) is 10.8. The number of benzene rings is 1. The molecule has 0 saturated carbocycles. The number of nitrogens with zero attached hydrogens (tertiary/aromatic N) is 1. The highest BCUT2D eigenvalue weighted by Crippen LogP contribution is 2.04. The van der Waals surface area contributed by atoms with Crippen molar-refractivity contribution in [2.24, 2.45) is 0 Å². The third-order valence-corrected chi connectivity index (χ3v) is 2.69. The largest absolute Gasteiger partial charge is 0.338 e. The second-order valence-corrected chi connectivity index (χ2v) is 4.09. The molecule has 0 saturated heterocycles. The summed E-state index contributed by atoms with van der Waals surface area (Å²) in [5, 5.41) is 2.94. The van der Waals surface area contributed by atoms with E-state index >= 15 is 0 Å². The number of hydrogen-bond donors (Lipinski definition) is 1. The number of hydrogen-bond acceptors (Lipinski definition) is 1. The molecule has 0 spiro atoms. The molecule has 2 amide bonds. The first kappa shape index (κ1) is 13.6. The van der Waals surface area contributed by atoms with Crippen LogP contribution in [0, 0.1) is 0 Å². The average Bonchev–Trinajstić information content (AvgIpc) is 2.37. The summed E-state index contributed by atoms with van der Waals surface area (Å²) in [6.07, 6.45) is 2.14. The van der Waals surface area contributed by atoms with Crippen LogP contribution in [0.2, 0.25) is 0 Å². The molecule has 0 aliphatic carbocycles. The average molecular weight is 234 g/mol. The fourth-order valence-electron chi connectivity index (χ4n) is 1.61. The molecule has 1 rings (SSSR count). The third kappa shape index (κ3) is 4.89. The van der Waals surface area contributed by atoms with Gasteiger partial charge in [0.05, 0.1) is 0 Å². The molecule has 0 radical (unpaired) electrons. The maximum Gasteiger partial charge on any atom is 0.317 e. The van der Waals surface area contributed by atoms with Crippen molar-refractivity contribution in [1.29, 1.82) is 0 Å². The molecule has 0 fully saturated rings. The van der Waals surface area contributed by atoms with E-state index in [-0.39, 0.29) is 6.03 Å². The molecule has 1 aromatic carbocycles. The lowest BCUT2D eigenvalue weighted by Gasteiger charge is -2.21. The van der Waals surface area contributed by atoms with Gasteiger partial charge in [-0.25, -0.2) is 4.79 Å². The minimum atomic E-state index is 0.0322. The summed E-state index contributed by atoms with van der Waals surface area (Å²) in [7, 11) is 0. The van der Waals surface area contributed by atoms with Gasteiger partial charge in [-0.05, 0) is 18.9 Å². The maximum atomic E-state index is 11.9. The van der Waals surface area contributed by atoms with Gasteiger partial charge in [0.1, 0.15) is 0 Å². The summed E-state index contributed by atoms with van der Waals surface area (Å²) in [5.41, 5.74) is 1.17. The number of rotatable bonds is 6. The van der Waals surface area contributed by atoms with E-state index in [0.29, 0.717) is 6.54 Å². The quantitative estimate of drug-likeness (QED) is 0.754. The topological polar surface area (TPSA) is 32.3 Å². The van der Waals surface area contributed by atoms with Crippen LogP contribution in [0.5, 0.6) is 0 Å². The van der Waals surface area contributed by atoms with Crippen LogP contribution in [0.3, 0.4) is 0 Å². The monoisotopic (exact) mass is 234 g/mol. The van der Waals surface area contributed by atoms with Crippen LogP contribution in [0.1, 0.15) is 32.3 Å². The van der Waals surface area contributed by atoms with Crippen molar-refractivity contribution < 1.29 is 4.79 Å². The van der Waals surface area contributed by atoms with Gasteiger partial charge in [0.15, 0.2) is 0 Å². The van der Waals surface area contributed by atoms with Gasteiger partial charge in [-0.1, -0.05) is 43.7 Å². The van der Waals surface area contributed by atoms with Crippen molar-refractivity contribution in [2.75, 3.05) is 13.1 Å². The Hall–Kier alpha value is -1.51. The first-order valence-corrected chi connectivity index (χ1v) is 6.34. The number of amides is 2. The standard InChI is InChI=1S/C14H22N2O/c1-3-5-11-15-14(17)16(4-2)12-13-9-7-6-8-10-13/h6-10H,3-5,11-12H2,1-2H3,(H,15,17). The number of carbonyl (C=O) groups excluding carboxylic acids is 1. The van der Waals surface area contributed by atoms with E-state index in [1.807, 2.05) is 42.2 Å². The predicted molar refractivity (Wildman–Crippen MR) is 70.8 cm³/mol. The zero-order valence-corrected chi connectivity index (χ0v) is 10.8. The SMILES string of the molecule is CCCCNC(=O)N(CC)Cc1ccccc1. The van der Waals surface area contributed by atoms with Crippen molar-refractivity contribution in [2.45, 2.75) is 33.2 Å². The minimum absolute atomic E-state index is 0.0322. The Bertz CT molecular complexity index is 324. The maximum absolute atomic E-state index is 11.9. The van der Waals surface area contributed by atoms with Gasteiger partial charge in [-0.3, -0.25) is 0 Å². The highest BCUT2D eigenvalue weighted by Gasteiger charge is 2.10. The van der Waals surface area contributed by atoms with E-state index in [2.05, 4.69) is 12.2 Å². The molecule has 0 unspecified atom stereocenters. The Kier molecular flexibility index (Phi) is 6.15. The Balaban J connectivity index is 2.45. The van der Waals surface area contributed by atoms with Crippen LogP contribution < -0.4 is 5.32 Å². The first-order chi connectivity index (χ1) is 8.27. The number of unbranched alkanes of at least 4 members (excludes halogenated alkanes) is 1. The molecular formula is C14H22N2O. The number of carbonyl (C=O) groups is 1. The molecule has 1 aromatic rings. The molecule has 0 aliphatic heterocycles. The van der Waals surface area contributed by atoms with Crippen LogP contribution in [0.25, 0.3) is 0 Å². The van der Waals surface area contributed by atoms with E-state index in [4.69, 9.17) is 0 Å². The minimum Gasteiger partial charge on any atom is -0.338 e. The van der Waals surface area contributed by atoms with Crippen LogP contribution in [0.4, 0.5) is 4.79 Å². The molecule has 94 valence electrons. The molecule has 0 aliphatic rings. The zero-order chi connectivity index (χ0) is 12.5. The summed E-state index contributed by atoms with van der Waals surface area (Å²) in [6, 6.07) is 10.1. The van der Waals surface area contributed by atoms with Gasteiger partial charge in [0.2, 0.25) is 0 Å². The van der Waals surface area contributed by atoms with E-state index in [9.17, 15) is 4.79 Å². The smallest absolute Gasteiger partial charge is 0.317 e. The predicted octanol–water partition coefficient (Wildman–Crippen LogP) is 3.02. The summed E-state index contributed by atoms with van der Waals surface area (Å²) in [4.78, 5) is 13.7. The summed E-state index contributed by atoms with van der Waals surface area (Å²) in [6.45, 7) is 6.29. The van der Waals surface area contributed by atoms with Crippen molar-refractivity contribution in [1.82, 2.24) is 10.2 Å². The normalized spacial score (nSPS) is 10.0. The van der Waals surface area contributed by atoms with Gasteiger partial charge in [-0.2, -0.15) is 0 Å². The van der Waals surface area contributed by atoms with Crippen LogP contribution in [0.15, 0.2) is 30.3 Å². The van der Waals surface area contributed by atoms with E-state index in [1.54, 1.807) is 0 Å². The summed E-state index contributed by atoms with van der Waals surface area (Å²) < 4.78 is 0. The van der Waals surface area contributed by atoms with Crippen LogP contribution in [-0.2, 0) is 6.54 Å². The second-order valence-electron chi connectivity index (χ2n) is 4.09. The van der Waals surface area contributed by atoms with Crippen LogP contribution in [-0.4, -0.2) is 24.0 Å². The van der Waals surface area contributed by atoms with Crippen LogP contribution >= 0.6 is 0 Å². The van der Waals surface area contributed by atoms with Gasteiger partial charge < -0.3 is 10.2 Å². The fourth-order valence-corrected chi connectivity index (χ4v) is 1.61. The van der Waals surface area contributed by atoms with Crippen molar-refractivity contribution in [3.63, 3.8) is 0 Å². The molecule has 0 heterocycles. The molecule has 0 atom stereocenters. The lowest BCUT2D eigenvalue weighted by atomic mass is 10.2. The van der Waals surface area contributed by atoms with Gasteiger partial charge >= 0.3 is 6.03 Å². The van der Waals surface area contributed by atoms with Crippen molar-refractivity contribution in [3.05, 3.63) is 35.9 Å². The van der Waals surface area contributed by atoms with Gasteiger partial charge in [0, 0.05) is 19.6 Å². The molecule has 1 N–H and O–H groups in total. The molecule has 17 heavy (non-hydrogen) atoms. The molecule has 3 nitrogen and oxygen atoms in total.